The van der Waals surface area contributed by atoms with Crippen molar-refractivity contribution >= 4 is 40.6 Å². The second kappa shape index (κ2) is 17.7. The molecule has 0 heterocycles. The van der Waals surface area contributed by atoms with Crippen LogP contribution in [0.15, 0.2) is 48.5 Å². The molecule has 0 radical (unpaired) electrons. The van der Waals surface area contributed by atoms with Gasteiger partial charge >= 0.3 is 0 Å². The second-order valence-electron chi connectivity index (χ2n) is 8.17. The van der Waals surface area contributed by atoms with Gasteiger partial charge in [0.25, 0.3) is 0 Å². The van der Waals surface area contributed by atoms with Crippen LogP contribution in [0.1, 0.15) is 25.0 Å². The van der Waals surface area contributed by atoms with E-state index in [0.717, 1.165) is 40.7 Å². The Morgan fingerprint density at radius 3 is 2.56 bits per heavy atom. The van der Waals surface area contributed by atoms with Gasteiger partial charge < -0.3 is 23.6 Å². The average Bonchev–Trinajstić information content (AvgIpc) is 2.86. The van der Waals surface area contributed by atoms with Crippen LogP contribution in [0.5, 0.6) is 11.5 Å². The van der Waals surface area contributed by atoms with Gasteiger partial charge in [0.15, 0.2) is 6.79 Å². The zero-order valence-electron chi connectivity index (χ0n) is 22.0. The van der Waals surface area contributed by atoms with Gasteiger partial charge in [-0.2, -0.15) is 11.8 Å². The van der Waals surface area contributed by atoms with E-state index >= 15 is 0 Å². The van der Waals surface area contributed by atoms with E-state index in [9.17, 15) is 0 Å². The standard InChI is InChI=1S/C26H40NO5PS3/c1-6-31-33(34,36-21-35-7-2)32-20-30-25(18-27(3)4)19-29-26-14-9-8-12-23(26)16-15-22-11-10-13-24(17-22)28-5/h8-14,17,25H,6-7,15-16,18-21H2,1-5H3/t25-,33?/m1/s1. The molecule has 0 spiro atoms. The molecular formula is C26H40NO5PS3. The molecule has 0 fully saturated rings. The molecule has 0 aliphatic heterocycles. The fourth-order valence-corrected chi connectivity index (χ4v) is 9.89. The van der Waals surface area contributed by atoms with Crippen LogP contribution in [0.4, 0.5) is 0 Å². The summed E-state index contributed by atoms with van der Waals surface area (Å²) < 4.78 is 29.4. The van der Waals surface area contributed by atoms with Crippen molar-refractivity contribution < 1.29 is 23.3 Å². The van der Waals surface area contributed by atoms with Crippen LogP contribution in [0.2, 0.25) is 0 Å². The number of methoxy groups -OCH3 is 1. The minimum atomic E-state index is -2.43. The molecule has 0 saturated heterocycles. The topological polar surface area (TPSA) is 49.4 Å². The smallest absolute Gasteiger partial charge is 0.250 e. The number of rotatable bonds is 19. The summed E-state index contributed by atoms with van der Waals surface area (Å²) in [5, 5.41) is 0.852. The molecule has 0 aromatic heterocycles. The lowest BCUT2D eigenvalue weighted by Crippen LogP contribution is -2.34. The molecule has 0 aliphatic carbocycles. The first-order valence-corrected chi connectivity index (χ1v) is 17.5. The highest BCUT2D eigenvalue weighted by molar-refractivity contribution is 8.69. The zero-order valence-corrected chi connectivity index (χ0v) is 25.4. The van der Waals surface area contributed by atoms with Crippen LogP contribution >= 0.6 is 28.8 Å². The van der Waals surface area contributed by atoms with E-state index in [1.807, 2.05) is 63.1 Å². The van der Waals surface area contributed by atoms with Gasteiger partial charge in [-0.1, -0.05) is 48.6 Å². The van der Waals surface area contributed by atoms with Gasteiger partial charge in [0.2, 0.25) is 5.69 Å². The molecule has 2 aromatic carbocycles. The van der Waals surface area contributed by atoms with E-state index in [0.29, 0.717) is 19.8 Å². The first-order chi connectivity index (χ1) is 17.4. The molecule has 2 atom stereocenters. The molecule has 2 rings (SSSR count). The Morgan fingerprint density at radius 2 is 1.83 bits per heavy atom. The highest BCUT2D eigenvalue weighted by Gasteiger charge is 2.21. The fraction of sp³-hybridized carbons (Fsp3) is 0.538. The first-order valence-electron chi connectivity index (χ1n) is 12.1. The molecule has 0 amide bonds. The van der Waals surface area contributed by atoms with Gasteiger partial charge in [-0.3, -0.25) is 4.52 Å². The molecule has 0 N–H and O–H groups in total. The maximum atomic E-state index is 6.25. The Morgan fingerprint density at radius 1 is 1.03 bits per heavy atom. The third kappa shape index (κ3) is 12.2. The number of ether oxygens (including phenoxy) is 3. The Hall–Kier alpha value is -0.770. The largest absolute Gasteiger partial charge is 0.497 e. The van der Waals surface area contributed by atoms with Crippen LogP contribution in [0.3, 0.4) is 0 Å². The number of hydrogen-bond acceptors (Lipinski definition) is 9. The third-order valence-corrected chi connectivity index (χ3v) is 12.0. The highest BCUT2D eigenvalue weighted by Crippen LogP contribution is 2.61. The Bertz CT molecular complexity index is 934. The zero-order chi connectivity index (χ0) is 26.2. The van der Waals surface area contributed by atoms with E-state index in [1.165, 1.54) is 5.56 Å². The van der Waals surface area contributed by atoms with Crippen LogP contribution in [0, 0.1) is 0 Å². The summed E-state index contributed by atoms with van der Waals surface area (Å²) in [6.45, 7) is 5.79. The van der Waals surface area contributed by atoms with Gasteiger partial charge in [-0.05, 0) is 80.7 Å². The molecule has 6 nitrogen and oxygen atoms in total. The Kier molecular flexibility index (Phi) is 15.4. The summed E-state index contributed by atoms with van der Waals surface area (Å²) in [6, 6.07) is 16.4. The predicted octanol–water partition coefficient (Wildman–Crippen LogP) is 6.48. The molecule has 36 heavy (non-hydrogen) atoms. The summed E-state index contributed by atoms with van der Waals surface area (Å²) in [7, 11) is 5.72. The van der Waals surface area contributed by atoms with Crippen LogP contribution in [-0.2, 0) is 38.4 Å². The number of nitrogens with zero attached hydrogens (tertiary/aromatic N) is 1. The van der Waals surface area contributed by atoms with E-state index < -0.39 is 5.69 Å². The molecule has 0 saturated carbocycles. The van der Waals surface area contributed by atoms with Gasteiger partial charge in [-0.25, -0.2) is 0 Å². The molecular weight excluding hydrogens is 533 g/mol. The number of likely N-dealkylation sites (N-methyl/N-ethyl adjacent to an activating group) is 1. The van der Waals surface area contributed by atoms with Crippen molar-refractivity contribution in [2.24, 2.45) is 0 Å². The molecule has 10 heteroatoms. The summed E-state index contributed by atoms with van der Waals surface area (Å²) >= 11 is 9.07. The molecule has 1 unspecified atom stereocenters. The Balaban J connectivity index is 1.94. The van der Waals surface area contributed by atoms with Gasteiger partial charge in [0, 0.05) is 11.6 Å². The van der Waals surface area contributed by atoms with E-state index in [4.69, 9.17) is 35.1 Å². The fourth-order valence-electron chi connectivity index (χ4n) is 3.35. The summed E-state index contributed by atoms with van der Waals surface area (Å²) in [4.78, 5) is 2.08. The monoisotopic (exact) mass is 573 g/mol. The Labute approximate surface area is 230 Å². The highest BCUT2D eigenvalue weighted by atomic mass is 32.9. The van der Waals surface area contributed by atoms with Crippen molar-refractivity contribution in [3.63, 3.8) is 0 Å². The van der Waals surface area contributed by atoms with E-state index in [-0.39, 0.29) is 12.9 Å². The summed E-state index contributed by atoms with van der Waals surface area (Å²) in [5.41, 5.74) is -0.0323. The van der Waals surface area contributed by atoms with Crippen molar-refractivity contribution in [1.29, 1.82) is 0 Å². The van der Waals surface area contributed by atoms with E-state index in [1.54, 1.807) is 18.5 Å². The second-order valence-corrected chi connectivity index (χ2v) is 16.1. The molecule has 0 aliphatic rings. The van der Waals surface area contributed by atoms with Crippen molar-refractivity contribution in [3.8, 4) is 11.5 Å². The molecule has 202 valence electrons. The van der Waals surface area contributed by atoms with Gasteiger partial charge in [0.1, 0.15) is 24.2 Å². The van der Waals surface area contributed by atoms with Crippen molar-refractivity contribution in [2.75, 3.05) is 58.6 Å². The van der Waals surface area contributed by atoms with E-state index in [2.05, 4.69) is 30.0 Å². The third-order valence-electron chi connectivity index (χ3n) is 5.08. The van der Waals surface area contributed by atoms with Crippen molar-refractivity contribution in [1.82, 2.24) is 4.90 Å². The van der Waals surface area contributed by atoms with Gasteiger partial charge in [0.05, 0.1) is 13.7 Å². The normalized spacial score (nSPS) is 13.9. The summed E-state index contributed by atoms with van der Waals surface area (Å²) in [5.74, 6) is 2.79. The lowest BCUT2D eigenvalue weighted by Gasteiger charge is -2.25. The first kappa shape index (κ1) is 31.4. The average molecular weight is 574 g/mol. The lowest BCUT2D eigenvalue weighted by atomic mass is 10.0. The maximum absolute atomic E-state index is 6.25. The molecule has 0 bridgehead atoms. The number of aryl methyl sites for hydroxylation is 2. The number of benzene rings is 2. The van der Waals surface area contributed by atoms with Crippen LogP contribution in [-0.4, -0.2) is 69.6 Å². The van der Waals surface area contributed by atoms with Gasteiger partial charge in [-0.15, -0.1) is 0 Å². The van der Waals surface area contributed by atoms with Crippen LogP contribution in [0.25, 0.3) is 0 Å². The SMILES string of the molecule is CCOP(=S)(OCO[C@@H](COc1ccccc1CCc1cccc(OC)c1)CN(C)C)SCSCC. The lowest BCUT2D eigenvalue weighted by molar-refractivity contribution is -0.0597. The van der Waals surface area contributed by atoms with Crippen molar-refractivity contribution in [3.05, 3.63) is 59.7 Å². The number of para-hydroxylation sites is 1. The van der Waals surface area contributed by atoms with Crippen LogP contribution < -0.4 is 9.47 Å². The quantitative estimate of drug-likeness (QED) is 0.107. The number of thioether (sulfide) groups is 1. The predicted molar refractivity (Wildman–Crippen MR) is 158 cm³/mol. The minimum Gasteiger partial charge on any atom is -0.497 e. The maximum Gasteiger partial charge on any atom is 0.250 e. The number of hydrogen-bond donors (Lipinski definition) is 0. The van der Waals surface area contributed by atoms with Crippen molar-refractivity contribution in [2.45, 2.75) is 32.8 Å². The molecule has 2 aromatic rings. The summed E-state index contributed by atoms with van der Waals surface area (Å²) in [6.07, 6.45) is 1.60. The minimum absolute atomic E-state index is 0.0838.